The van der Waals surface area contributed by atoms with E-state index in [1.165, 1.54) is 4.90 Å². The number of amides is 3. The number of nitrogens with one attached hydrogen (secondary N) is 1. The standard InChI is InChI=1S/C14H23N3O4/c1-14(12(19)20)6-3-5-10(14)15-13(21)17-8-4-7-16(2)11(18)9-17/h10H,3-9H2,1-2H3,(H,15,21)(H,19,20). The number of carboxylic acids is 1. The van der Waals surface area contributed by atoms with Gasteiger partial charge in [0.2, 0.25) is 5.91 Å². The first-order chi connectivity index (χ1) is 9.84. The Morgan fingerprint density at radius 2 is 2.05 bits per heavy atom. The Morgan fingerprint density at radius 3 is 2.71 bits per heavy atom. The number of carbonyl (C=O) groups excluding carboxylic acids is 2. The van der Waals surface area contributed by atoms with Crippen molar-refractivity contribution < 1.29 is 19.5 Å². The number of hydrogen-bond donors (Lipinski definition) is 2. The van der Waals surface area contributed by atoms with Gasteiger partial charge in [0.25, 0.3) is 0 Å². The van der Waals surface area contributed by atoms with Crippen LogP contribution in [0.15, 0.2) is 0 Å². The van der Waals surface area contributed by atoms with Crippen LogP contribution < -0.4 is 5.32 Å². The molecule has 2 rings (SSSR count). The van der Waals surface area contributed by atoms with Crippen LogP contribution in [0.2, 0.25) is 0 Å². The zero-order chi connectivity index (χ0) is 15.6. The second-order valence-corrected chi connectivity index (χ2v) is 6.21. The zero-order valence-corrected chi connectivity index (χ0v) is 12.6. The third-order valence-electron chi connectivity index (χ3n) is 4.70. The van der Waals surface area contributed by atoms with Crippen LogP contribution in [0.25, 0.3) is 0 Å². The molecule has 0 aromatic carbocycles. The number of carboxylic acid groups (broad SMARTS) is 1. The van der Waals surface area contributed by atoms with Crippen molar-refractivity contribution in [2.75, 3.05) is 26.7 Å². The molecular weight excluding hydrogens is 274 g/mol. The van der Waals surface area contributed by atoms with Crippen molar-refractivity contribution in [3.8, 4) is 0 Å². The summed E-state index contributed by atoms with van der Waals surface area (Å²) >= 11 is 0. The van der Waals surface area contributed by atoms with Gasteiger partial charge in [-0.3, -0.25) is 9.59 Å². The van der Waals surface area contributed by atoms with E-state index in [1.54, 1.807) is 18.9 Å². The number of aliphatic carboxylic acids is 1. The molecule has 118 valence electrons. The van der Waals surface area contributed by atoms with E-state index < -0.39 is 11.4 Å². The number of likely N-dealkylation sites (N-methyl/N-ethyl adjacent to an activating group) is 1. The van der Waals surface area contributed by atoms with Gasteiger partial charge in [-0.15, -0.1) is 0 Å². The maximum Gasteiger partial charge on any atom is 0.318 e. The minimum Gasteiger partial charge on any atom is -0.481 e. The molecule has 2 atom stereocenters. The van der Waals surface area contributed by atoms with Gasteiger partial charge < -0.3 is 20.2 Å². The molecule has 1 saturated carbocycles. The van der Waals surface area contributed by atoms with Crippen molar-refractivity contribution in [2.45, 2.75) is 38.6 Å². The molecule has 0 spiro atoms. The van der Waals surface area contributed by atoms with Crippen LogP contribution in [-0.4, -0.2) is 65.5 Å². The molecule has 7 nitrogen and oxygen atoms in total. The average molecular weight is 297 g/mol. The third kappa shape index (κ3) is 3.11. The van der Waals surface area contributed by atoms with Gasteiger partial charge in [0.05, 0.1) is 5.41 Å². The van der Waals surface area contributed by atoms with Crippen molar-refractivity contribution in [1.82, 2.24) is 15.1 Å². The molecule has 2 N–H and O–H groups in total. The van der Waals surface area contributed by atoms with Gasteiger partial charge >= 0.3 is 12.0 Å². The van der Waals surface area contributed by atoms with Gasteiger partial charge in [0.15, 0.2) is 0 Å². The lowest BCUT2D eigenvalue weighted by molar-refractivity contribution is -0.148. The summed E-state index contributed by atoms with van der Waals surface area (Å²) in [5.41, 5.74) is -0.914. The lowest BCUT2D eigenvalue weighted by Crippen LogP contribution is -2.52. The minimum absolute atomic E-state index is 0.0544. The second kappa shape index (κ2) is 5.91. The summed E-state index contributed by atoms with van der Waals surface area (Å²) in [6.45, 7) is 2.88. The fraction of sp³-hybridized carbons (Fsp3) is 0.786. The van der Waals surface area contributed by atoms with Crippen LogP contribution in [0.1, 0.15) is 32.6 Å². The number of hydrogen-bond acceptors (Lipinski definition) is 3. The number of rotatable bonds is 2. The summed E-state index contributed by atoms with van der Waals surface area (Å²) in [4.78, 5) is 38.6. The summed E-state index contributed by atoms with van der Waals surface area (Å²) < 4.78 is 0. The first-order valence-corrected chi connectivity index (χ1v) is 7.37. The van der Waals surface area contributed by atoms with Gasteiger partial charge in [-0.2, -0.15) is 0 Å². The summed E-state index contributed by atoms with van der Waals surface area (Å²) in [5, 5.41) is 12.2. The predicted molar refractivity (Wildman–Crippen MR) is 75.7 cm³/mol. The Hall–Kier alpha value is -1.79. The van der Waals surface area contributed by atoms with E-state index in [0.29, 0.717) is 25.9 Å². The molecule has 7 heteroatoms. The number of carbonyl (C=O) groups is 3. The molecule has 0 bridgehead atoms. The molecule has 2 fully saturated rings. The Bertz CT molecular complexity index is 454. The maximum atomic E-state index is 12.3. The number of nitrogens with zero attached hydrogens (tertiary/aromatic N) is 2. The van der Waals surface area contributed by atoms with Crippen molar-refractivity contribution in [2.24, 2.45) is 5.41 Å². The minimum atomic E-state index is -0.914. The van der Waals surface area contributed by atoms with Crippen LogP contribution in [-0.2, 0) is 9.59 Å². The van der Waals surface area contributed by atoms with Gasteiger partial charge in [-0.25, -0.2) is 4.79 Å². The van der Waals surface area contributed by atoms with E-state index in [9.17, 15) is 19.5 Å². The highest BCUT2D eigenvalue weighted by Gasteiger charge is 2.46. The fourth-order valence-corrected chi connectivity index (χ4v) is 3.05. The van der Waals surface area contributed by atoms with Crippen molar-refractivity contribution in [1.29, 1.82) is 0 Å². The zero-order valence-electron chi connectivity index (χ0n) is 12.6. The molecule has 1 saturated heterocycles. The summed E-state index contributed by atoms with van der Waals surface area (Å²) in [6, 6.07) is -0.711. The molecule has 2 unspecified atom stereocenters. The molecular formula is C14H23N3O4. The van der Waals surface area contributed by atoms with Gasteiger partial charge in [-0.05, 0) is 26.2 Å². The molecule has 1 aliphatic carbocycles. The largest absolute Gasteiger partial charge is 0.481 e. The molecule has 21 heavy (non-hydrogen) atoms. The maximum absolute atomic E-state index is 12.3. The van der Waals surface area contributed by atoms with E-state index in [4.69, 9.17) is 0 Å². The first-order valence-electron chi connectivity index (χ1n) is 7.37. The van der Waals surface area contributed by atoms with E-state index in [-0.39, 0.29) is 24.5 Å². The Balaban J connectivity index is 2.01. The van der Waals surface area contributed by atoms with E-state index in [2.05, 4.69) is 5.32 Å². The summed E-state index contributed by atoms with van der Waals surface area (Å²) in [7, 11) is 1.72. The molecule has 1 aliphatic heterocycles. The van der Waals surface area contributed by atoms with E-state index in [0.717, 1.165) is 12.8 Å². The van der Waals surface area contributed by atoms with Crippen LogP contribution in [0.3, 0.4) is 0 Å². The van der Waals surface area contributed by atoms with E-state index >= 15 is 0 Å². The lowest BCUT2D eigenvalue weighted by atomic mass is 9.85. The fourth-order valence-electron chi connectivity index (χ4n) is 3.05. The molecule has 0 aromatic rings. The molecule has 0 aromatic heterocycles. The van der Waals surface area contributed by atoms with Crippen LogP contribution in [0.5, 0.6) is 0 Å². The van der Waals surface area contributed by atoms with Gasteiger partial charge in [0.1, 0.15) is 6.54 Å². The number of urea groups is 1. The smallest absolute Gasteiger partial charge is 0.318 e. The highest BCUT2D eigenvalue weighted by atomic mass is 16.4. The normalized spacial score (nSPS) is 30.2. The highest BCUT2D eigenvalue weighted by Crippen LogP contribution is 2.38. The molecule has 2 aliphatic rings. The SMILES string of the molecule is CN1CCCN(C(=O)NC2CCCC2(C)C(=O)O)CC1=O. The molecule has 1 heterocycles. The monoisotopic (exact) mass is 297 g/mol. The Kier molecular flexibility index (Phi) is 4.39. The van der Waals surface area contributed by atoms with Gasteiger partial charge in [-0.1, -0.05) is 6.42 Å². The highest BCUT2D eigenvalue weighted by molar-refractivity contribution is 5.85. The summed E-state index contributed by atoms with van der Waals surface area (Å²) in [5.74, 6) is -0.966. The Labute approximate surface area is 124 Å². The van der Waals surface area contributed by atoms with Gasteiger partial charge in [0, 0.05) is 26.2 Å². The lowest BCUT2D eigenvalue weighted by Gasteiger charge is -2.30. The third-order valence-corrected chi connectivity index (χ3v) is 4.70. The molecule has 0 radical (unpaired) electrons. The van der Waals surface area contributed by atoms with Crippen molar-refractivity contribution >= 4 is 17.9 Å². The quantitative estimate of drug-likeness (QED) is 0.777. The topological polar surface area (TPSA) is 89.9 Å². The first kappa shape index (κ1) is 15.6. The van der Waals surface area contributed by atoms with Crippen LogP contribution >= 0.6 is 0 Å². The van der Waals surface area contributed by atoms with Crippen LogP contribution in [0, 0.1) is 5.41 Å². The predicted octanol–water partition coefficient (Wildman–Crippen LogP) is 0.503. The van der Waals surface area contributed by atoms with Crippen molar-refractivity contribution in [3.05, 3.63) is 0 Å². The van der Waals surface area contributed by atoms with Crippen LogP contribution in [0.4, 0.5) is 4.79 Å². The summed E-state index contributed by atoms with van der Waals surface area (Å²) in [6.07, 6.45) is 2.75. The van der Waals surface area contributed by atoms with Crippen molar-refractivity contribution in [3.63, 3.8) is 0 Å². The molecule has 3 amide bonds. The average Bonchev–Trinajstić information content (AvgIpc) is 2.70. The second-order valence-electron chi connectivity index (χ2n) is 6.21. The van der Waals surface area contributed by atoms with E-state index in [1.807, 2.05) is 0 Å². The Morgan fingerprint density at radius 1 is 1.33 bits per heavy atom.